The molecule has 1 amide bonds. The van der Waals surface area contributed by atoms with Gasteiger partial charge in [0.15, 0.2) is 5.76 Å². The molecule has 0 unspecified atom stereocenters. The van der Waals surface area contributed by atoms with E-state index in [4.69, 9.17) is 9.52 Å². The maximum absolute atomic E-state index is 11.7. The Balaban J connectivity index is 2.91. The summed E-state index contributed by atoms with van der Waals surface area (Å²) in [6.45, 7) is 1.40. The highest BCUT2D eigenvalue weighted by Crippen LogP contribution is 2.16. The lowest BCUT2D eigenvalue weighted by Crippen LogP contribution is -2.34. The third kappa shape index (κ3) is 3.09. The molecule has 0 bridgehead atoms. The van der Waals surface area contributed by atoms with E-state index in [1.807, 2.05) is 0 Å². The van der Waals surface area contributed by atoms with Crippen molar-refractivity contribution >= 4 is 15.9 Å². The van der Waals surface area contributed by atoms with E-state index in [9.17, 15) is 13.2 Å². The molecular formula is C10H16N2O5S. The van der Waals surface area contributed by atoms with Crippen LogP contribution in [0.25, 0.3) is 0 Å². The van der Waals surface area contributed by atoms with E-state index in [-0.39, 0.29) is 17.5 Å². The van der Waals surface area contributed by atoms with E-state index in [1.165, 1.54) is 26.2 Å². The van der Waals surface area contributed by atoms with E-state index in [0.717, 1.165) is 4.31 Å². The highest BCUT2D eigenvalue weighted by molar-refractivity contribution is 7.88. The zero-order chi connectivity index (χ0) is 13.9. The van der Waals surface area contributed by atoms with Crippen LogP contribution in [-0.4, -0.2) is 50.5 Å². The van der Waals surface area contributed by atoms with Crippen molar-refractivity contribution < 1.29 is 22.7 Å². The molecule has 0 fully saturated rings. The second kappa shape index (κ2) is 5.51. The van der Waals surface area contributed by atoms with Gasteiger partial charge in [-0.3, -0.25) is 4.79 Å². The summed E-state index contributed by atoms with van der Waals surface area (Å²) in [5, 5.41) is 10.9. The average molecular weight is 276 g/mol. The summed E-state index contributed by atoms with van der Waals surface area (Å²) in [6, 6.07) is 2.06. The van der Waals surface area contributed by atoms with Gasteiger partial charge >= 0.3 is 0 Å². The average Bonchev–Trinajstić information content (AvgIpc) is 2.78. The first-order chi connectivity index (χ1) is 8.28. The minimum absolute atomic E-state index is 0.115. The standard InChI is InChI=1S/C10H16N2O5S/c1-7(6-13)11-10(14)8-4-5-9(17-8)18(15,16)12(2)3/h4-5,7,13H,6H2,1-3H3,(H,11,14)/t7-/m1/s1. The summed E-state index contributed by atoms with van der Waals surface area (Å²) >= 11 is 0. The fourth-order valence-electron chi connectivity index (χ4n) is 1.10. The molecule has 1 aromatic rings. The van der Waals surface area contributed by atoms with Gasteiger partial charge in [-0.1, -0.05) is 0 Å². The first-order valence-corrected chi connectivity index (χ1v) is 6.67. The summed E-state index contributed by atoms with van der Waals surface area (Å²) in [5.41, 5.74) is 0. The number of nitrogens with zero attached hydrogens (tertiary/aromatic N) is 1. The summed E-state index contributed by atoms with van der Waals surface area (Å²) in [6.07, 6.45) is 0. The lowest BCUT2D eigenvalue weighted by atomic mass is 10.3. The Morgan fingerprint density at radius 3 is 2.61 bits per heavy atom. The fraction of sp³-hybridized carbons (Fsp3) is 0.500. The van der Waals surface area contributed by atoms with Crippen LogP contribution in [0.1, 0.15) is 17.5 Å². The quantitative estimate of drug-likeness (QED) is 0.765. The molecule has 0 spiro atoms. The van der Waals surface area contributed by atoms with E-state index in [0.29, 0.717) is 0 Å². The van der Waals surface area contributed by atoms with Crippen molar-refractivity contribution in [3.05, 3.63) is 17.9 Å². The summed E-state index contributed by atoms with van der Waals surface area (Å²) in [5.74, 6) is -0.688. The molecule has 2 N–H and O–H groups in total. The Bertz CT molecular complexity index is 520. The van der Waals surface area contributed by atoms with Gasteiger partial charge in [0.05, 0.1) is 6.61 Å². The highest BCUT2D eigenvalue weighted by atomic mass is 32.2. The predicted molar refractivity (Wildman–Crippen MR) is 63.6 cm³/mol. The number of rotatable bonds is 5. The second-order valence-corrected chi connectivity index (χ2v) is 6.05. The van der Waals surface area contributed by atoms with Gasteiger partial charge in [0.1, 0.15) is 0 Å². The maximum atomic E-state index is 11.7. The lowest BCUT2D eigenvalue weighted by molar-refractivity contribution is 0.0889. The predicted octanol–water partition coefficient (Wildman–Crippen LogP) is -0.359. The highest BCUT2D eigenvalue weighted by Gasteiger charge is 2.23. The molecule has 8 heteroatoms. The van der Waals surface area contributed by atoms with Crippen molar-refractivity contribution in [3.63, 3.8) is 0 Å². The van der Waals surface area contributed by atoms with Crippen LogP contribution in [0.3, 0.4) is 0 Å². The van der Waals surface area contributed by atoms with Gasteiger partial charge in [-0.05, 0) is 19.1 Å². The van der Waals surface area contributed by atoms with Crippen LogP contribution in [0, 0.1) is 0 Å². The molecule has 0 saturated heterocycles. The Labute approximate surface area is 105 Å². The third-order valence-electron chi connectivity index (χ3n) is 2.19. The van der Waals surface area contributed by atoms with Crippen molar-refractivity contribution in [1.29, 1.82) is 0 Å². The zero-order valence-corrected chi connectivity index (χ0v) is 11.2. The van der Waals surface area contributed by atoms with E-state index < -0.39 is 22.0 Å². The molecule has 0 aliphatic heterocycles. The monoisotopic (exact) mass is 276 g/mol. The molecule has 1 rings (SSSR count). The van der Waals surface area contributed by atoms with Crippen LogP contribution < -0.4 is 5.32 Å². The molecule has 102 valence electrons. The van der Waals surface area contributed by atoms with E-state index in [1.54, 1.807) is 6.92 Å². The zero-order valence-electron chi connectivity index (χ0n) is 10.4. The van der Waals surface area contributed by atoms with Gasteiger partial charge in [0, 0.05) is 20.1 Å². The normalized spacial score (nSPS) is 13.6. The largest absolute Gasteiger partial charge is 0.438 e. The molecule has 1 atom stereocenters. The Kier molecular flexibility index (Phi) is 4.49. The molecule has 1 heterocycles. The van der Waals surface area contributed by atoms with Gasteiger partial charge in [0.2, 0.25) is 5.09 Å². The van der Waals surface area contributed by atoms with Crippen LogP contribution in [0.4, 0.5) is 0 Å². The number of furan rings is 1. The first kappa shape index (κ1) is 14.7. The Morgan fingerprint density at radius 2 is 2.11 bits per heavy atom. The maximum Gasteiger partial charge on any atom is 0.287 e. The number of carbonyl (C=O) groups excluding carboxylic acids is 1. The molecule has 0 aliphatic carbocycles. The molecule has 18 heavy (non-hydrogen) atoms. The van der Waals surface area contributed by atoms with Crippen molar-refractivity contribution in [3.8, 4) is 0 Å². The van der Waals surface area contributed by atoms with Crippen LogP contribution >= 0.6 is 0 Å². The van der Waals surface area contributed by atoms with E-state index in [2.05, 4.69) is 5.32 Å². The van der Waals surface area contributed by atoms with Crippen LogP contribution in [0.5, 0.6) is 0 Å². The minimum atomic E-state index is -3.69. The van der Waals surface area contributed by atoms with Gasteiger partial charge < -0.3 is 14.8 Å². The topological polar surface area (TPSA) is 99.8 Å². The third-order valence-corrected chi connectivity index (χ3v) is 3.88. The summed E-state index contributed by atoms with van der Waals surface area (Å²) < 4.78 is 29.4. The molecule has 0 aliphatic rings. The van der Waals surface area contributed by atoms with Crippen LogP contribution in [0.15, 0.2) is 21.6 Å². The fourth-order valence-corrected chi connectivity index (χ4v) is 1.90. The van der Waals surface area contributed by atoms with Gasteiger partial charge in [0.25, 0.3) is 15.9 Å². The van der Waals surface area contributed by atoms with E-state index >= 15 is 0 Å². The summed E-state index contributed by atoms with van der Waals surface area (Å²) in [4.78, 5) is 11.6. The molecule has 0 aromatic carbocycles. The number of aliphatic hydroxyl groups excluding tert-OH is 1. The summed E-state index contributed by atoms with van der Waals surface area (Å²) in [7, 11) is -0.953. The molecular weight excluding hydrogens is 260 g/mol. The van der Waals surface area contributed by atoms with Crippen molar-refractivity contribution in [2.24, 2.45) is 0 Å². The number of hydrogen-bond acceptors (Lipinski definition) is 5. The number of sulfonamides is 1. The Morgan fingerprint density at radius 1 is 1.50 bits per heavy atom. The number of aliphatic hydroxyl groups is 1. The van der Waals surface area contributed by atoms with Gasteiger partial charge in [-0.15, -0.1) is 0 Å². The SMILES string of the molecule is C[C@H](CO)NC(=O)c1ccc(S(=O)(=O)N(C)C)o1. The number of hydrogen-bond donors (Lipinski definition) is 2. The molecule has 0 saturated carbocycles. The van der Waals surface area contributed by atoms with Gasteiger partial charge in [-0.2, -0.15) is 0 Å². The smallest absolute Gasteiger partial charge is 0.287 e. The minimum Gasteiger partial charge on any atom is -0.438 e. The van der Waals surface area contributed by atoms with Crippen molar-refractivity contribution in [2.75, 3.05) is 20.7 Å². The second-order valence-electron chi connectivity index (χ2n) is 3.96. The Hall–Kier alpha value is -1.38. The number of amides is 1. The number of carbonyl (C=O) groups is 1. The van der Waals surface area contributed by atoms with Crippen LogP contribution in [0.2, 0.25) is 0 Å². The van der Waals surface area contributed by atoms with Crippen molar-refractivity contribution in [1.82, 2.24) is 9.62 Å². The lowest BCUT2D eigenvalue weighted by Gasteiger charge is -2.09. The number of nitrogens with one attached hydrogen (secondary N) is 1. The molecule has 1 aromatic heterocycles. The molecule has 0 radical (unpaired) electrons. The first-order valence-electron chi connectivity index (χ1n) is 5.23. The van der Waals surface area contributed by atoms with Crippen LogP contribution in [-0.2, 0) is 10.0 Å². The molecule has 7 nitrogen and oxygen atoms in total. The van der Waals surface area contributed by atoms with Gasteiger partial charge in [-0.25, -0.2) is 12.7 Å². The van der Waals surface area contributed by atoms with Crippen molar-refractivity contribution in [2.45, 2.75) is 18.1 Å².